The van der Waals surface area contributed by atoms with Crippen LogP contribution >= 0.6 is 39.5 Å². The van der Waals surface area contributed by atoms with Crippen LogP contribution in [0, 0.1) is 0 Å². The van der Waals surface area contributed by atoms with E-state index >= 15 is 0 Å². The summed E-state index contributed by atoms with van der Waals surface area (Å²) in [5.74, 6) is 1.10. The molecule has 0 aliphatic carbocycles. The number of hydrogen-bond acceptors (Lipinski definition) is 3. The summed E-state index contributed by atoms with van der Waals surface area (Å²) in [6, 6.07) is 16.1. The van der Waals surface area contributed by atoms with Crippen LogP contribution in [0.2, 0.25) is 0 Å². The number of nitrogens with zero attached hydrogens (tertiary/aromatic N) is 1. The standard InChI is InChI=1S/C17H16BrNOS2/c1-21-15-8-4-12(5-9-15)16(20)19-10-11-22-17(19)13-2-6-14(18)7-3-13/h2-9,17H,10-11H2,1H3. The fraction of sp³-hybridized carbons (Fsp3) is 0.235. The summed E-state index contributed by atoms with van der Waals surface area (Å²) in [6.07, 6.45) is 2.04. The molecule has 1 atom stereocenters. The van der Waals surface area contributed by atoms with Gasteiger partial charge in [-0.15, -0.1) is 23.5 Å². The first-order valence-corrected chi connectivity index (χ1v) is 10.1. The minimum Gasteiger partial charge on any atom is -0.322 e. The Hall–Kier alpha value is -0.910. The van der Waals surface area contributed by atoms with Gasteiger partial charge in [-0.25, -0.2) is 0 Å². The van der Waals surface area contributed by atoms with Gasteiger partial charge < -0.3 is 4.90 Å². The van der Waals surface area contributed by atoms with Crippen molar-refractivity contribution in [3.8, 4) is 0 Å². The van der Waals surface area contributed by atoms with Crippen molar-refractivity contribution in [2.24, 2.45) is 0 Å². The van der Waals surface area contributed by atoms with Crippen molar-refractivity contribution < 1.29 is 4.79 Å². The minimum absolute atomic E-state index is 0.112. The lowest BCUT2D eigenvalue weighted by atomic mass is 10.1. The van der Waals surface area contributed by atoms with E-state index in [1.807, 2.05) is 59.3 Å². The maximum atomic E-state index is 12.8. The summed E-state index contributed by atoms with van der Waals surface area (Å²) in [5.41, 5.74) is 1.95. The molecule has 0 aromatic heterocycles. The lowest BCUT2D eigenvalue weighted by molar-refractivity contribution is 0.0760. The lowest BCUT2D eigenvalue weighted by Gasteiger charge is -2.24. The molecule has 1 aliphatic heterocycles. The van der Waals surface area contributed by atoms with Gasteiger partial charge in [-0.2, -0.15) is 0 Å². The predicted molar refractivity (Wildman–Crippen MR) is 98.6 cm³/mol. The molecular formula is C17H16BrNOS2. The molecule has 114 valence electrons. The van der Waals surface area contributed by atoms with Crippen molar-refractivity contribution in [2.45, 2.75) is 10.3 Å². The van der Waals surface area contributed by atoms with E-state index in [1.165, 1.54) is 10.5 Å². The highest BCUT2D eigenvalue weighted by atomic mass is 79.9. The van der Waals surface area contributed by atoms with Gasteiger partial charge in [-0.1, -0.05) is 28.1 Å². The summed E-state index contributed by atoms with van der Waals surface area (Å²) in [7, 11) is 0. The topological polar surface area (TPSA) is 20.3 Å². The van der Waals surface area contributed by atoms with Gasteiger partial charge in [-0.3, -0.25) is 4.79 Å². The summed E-state index contributed by atoms with van der Waals surface area (Å²) in [5, 5.41) is 0.112. The number of halogens is 1. The Balaban J connectivity index is 1.82. The summed E-state index contributed by atoms with van der Waals surface area (Å²) < 4.78 is 1.06. The number of rotatable bonds is 3. The zero-order valence-corrected chi connectivity index (χ0v) is 15.4. The third kappa shape index (κ3) is 3.36. The molecule has 0 bridgehead atoms. The first-order chi connectivity index (χ1) is 10.7. The lowest BCUT2D eigenvalue weighted by Crippen LogP contribution is -2.30. The molecule has 1 unspecified atom stereocenters. The van der Waals surface area contributed by atoms with Gasteiger partial charge in [0.25, 0.3) is 5.91 Å². The van der Waals surface area contributed by atoms with Crippen LogP contribution in [0.15, 0.2) is 57.9 Å². The fourth-order valence-corrected chi connectivity index (χ4v) is 4.41. The highest BCUT2D eigenvalue weighted by molar-refractivity contribution is 9.10. The normalized spacial score (nSPS) is 17.7. The largest absolute Gasteiger partial charge is 0.322 e. The highest BCUT2D eigenvalue weighted by Crippen LogP contribution is 2.39. The van der Waals surface area contributed by atoms with Gasteiger partial charge >= 0.3 is 0 Å². The molecule has 2 aromatic carbocycles. The smallest absolute Gasteiger partial charge is 0.255 e. The van der Waals surface area contributed by atoms with Gasteiger partial charge in [0.15, 0.2) is 0 Å². The third-order valence-corrected chi connectivity index (χ3v) is 6.18. The van der Waals surface area contributed by atoms with E-state index in [2.05, 4.69) is 28.1 Å². The number of hydrogen-bond donors (Lipinski definition) is 0. The number of thioether (sulfide) groups is 2. The van der Waals surface area contributed by atoms with Gasteiger partial charge in [0, 0.05) is 27.2 Å². The zero-order valence-electron chi connectivity index (χ0n) is 12.2. The molecule has 0 saturated carbocycles. The molecule has 1 heterocycles. The Morgan fingerprint density at radius 1 is 1.18 bits per heavy atom. The molecule has 3 rings (SSSR count). The average Bonchev–Trinajstić information content (AvgIpc) is 3.04. The van der Waals surface area contributed by atoms with Crippen LogP contribution in [0.4, 0.5) is 0 Å². The number of carbonyl (C=O) groups is 1. The maximum Gasteiger partial charge on any atom is 0.255 e. The van der Waals surface area contributed by atoms with E-state index in [-0.39, 0.29) is 11.3 Å². The van der Waals surface area contributed by atoms with E-state index in [4.69, 9.17) is 0 Å². The Kier molecular flexibility index (Phi) is 5.16. The molecule has 0 spiro atoms. The molecule has 1 fully saturated rings. The molecule has 2 aromatic rings. The van der Waals surface area contributed by atoms with Crippen LogP contribution in [0.1, 0.15) is 21.3 Å². The second kappa shape index (κ2) is 7.11. The molecule has 0 radical (unpaired) electrons. The second-order valence-electron chi connectivity index (χ2n) is 5.00. The summed E-state index contributed by atoms with van der Waals surface area (Å²) in [6.45, 7) is 0.800. The quantitative estimate of drug-likeness (QED) is 0.679. The molecule has 1 amide bonds. The Bertz CT molecular complexity index is 657. The summed E-state index contributed by atoms with van der Waals surface area (Å²) >= 11 is 6.97. The van der Waals surface area contributed by atoms with E-state index in [1.54, 1.807) is 11.8 Å². The number of amides is 1. The monoisotopic (exact) mass is 393 g/mol. The second-order valence-corrected chi connectivity index (χ2v) is 7.99. The van der Waals surface area contributed by atoms with Gasteiger partial charge in [0.1, 0.15) is 5.37 Å². The van der Waals surface area contributed by atoms with Crippen LogP contribution in [0.25, 0.3) is 0 Å². The number of carbonyl (C=O) groups excluding carboxylic acids is 1. The van der Waals surface area contributed by atoms with Crippen molar-refractivity contribution in [2.75, 3.05) is 18.6 Å². The van der Waals surface area contributed by atoms with Crippen LogP contribution in [-0.4, -0.2) is 29.4 Å². The Morgan fingerprint density at radius 2 is 1.86 bits per heavy atom. The minimum atomic E-state index is 0.112. The van der Waals surface area contributed by atoms with E-state index in [0.717, 1.165) is 22.3 Å². The Labute approximate surface area is 147 Å². The highest BCUT2D eigenvalue weighted by Gasteiger charge is 2.31. The SMILES string of the molecule is CSc1ccc(C(=O)N2CCSC2c2ccc(Br)cc2)cc1. The zero-order chi connectivity index (χ0) is 15.5. The molecule has 1 aliphatic rings. The molecule has 0 N–H and O–H groups in total. The molecule has 22 heavy (non-hydrogen) atoms. The van der Waals surface area contributed by atoms with E-state index in [9.17, 15) is 4.79 Å². The van der Waals surface area contributed by atoms with Crippen molar-refractivity contribution in [3.63, 3.8) is 0 Å². The first kappa shape index (κ1) is 16.0. The van der Waals surface area contributed by atoms with Crippen LogP contribution in [0.3, 0.4) is 0 Å². The van der Waals surface area contributed by atoms with Crippen molar-refractivity contribution >= 4 is 45.4 Å². The van der Waals surface area contributed by atoms with E-state index in [0.29, 0.717) is 0 Å². The van der Waals surface area contributed by atoms with Crippen molar-refractivity contribution in [1.29, 1.82) is 0 Å². The molecular weight excluding hydrogens is 378 g/mol. The van der Waals surface area contributed by atoms with Gasteiger partial charge in [-0.05, 0) is 48.2 Å². The van der Waals surface area contributed by atoms with Crippen LogP contribution in [-0.2, 0) is 0 Å². The van der Waals surface area contributed by atoms with Crippen molar-refractivity contribution in [3.05, 3.63) is 64.1 Å². The van der Waals surface area contributed by atoms with Gasteiger partial charge in [0.2, 0.25) is 0 Å². The molecule has 2 nitrogen and oxygen atoms in total. The fourth-order valence-electron chi connectivity index (χ4n) is 2.48. The number of benzene rings is 2. The maximum absolute atomic E-state index is 12.8. The van der Waals surface area contributed by atoms with Gasteiger partial charge in [0.05, 0.1) is 0 Å². The molecule has 1 saturated heterocycles. The van der Waals surface area contributed by atoms with E-state index < -0.39 is 0 Å². The molecule has 5 heteroatoms. The summed E-state index contributed by atoms with van der Waals surface area (Å²) in [4.78, 5) is 15.9. The van der Waals surface area contributed by atoms with Crippen molar-refractivity contribution in [1.82, 2.24) is 4.90 Å². The van der Waals surface area contributed by atoms with Crippen LogP contribution < -0.4 is 0 Å². The first-order valence-electron chi connectivity index (χ1n) is 7.01. The predicted octanol–water partition coefficient (Wildman–Crippen LogP) is 5.06. The third-order valence-electron chi connectivity index (χ3n) is 3.64. The Morgan fingerprint density at radius 3 is 2.50 bits per heavy atom. The van der Waals surface area contributed by atoms with Crippen LogP contribution in [0.5, 0.6) is 0 Å². The average molecular weight is 394 g/mol.